The SMILES string of the molecule is CCCC(CCO)CNC(=O)c1c(Cl)nc2ccccn12. The third-order valence-electron chi connectivity index (χ3n) is 3.49. The van der Waals surface area contributed by atoms with Gasteiger partial charge in [0.1, 0.15) is 5.65 Å². The number of carbonyl (C=O) groups excluding carboxylic acids is 1. The van der Waals surface area contributed by atoms with Crippen LogP contribution < -0.4 is 5.32 Å². The van der Waals surface area contributed by atoms with Crippen LogP contribution in [-0.2, 0) is 0 Å². The van der Waals surface area contributed by atoms with E-state index in [4.69, 9.17) is 16.7 Å². The van der Waals surface area contributed by atoms with Crippen molar-refractivity contribution in [3.8, 4) is 0 Å². The first kappa shape index (κ1) is 15.8. The molecule has 5 nitrogen and oxygen atoms in total. The summed E-state index contributed by atoms with van der Waals surface area (Å²) in [4.78, 5) is 16.5. The Balaban J connectivity index is 2.10. The summed E-state index contributed by atoms with van der Waals surface area (Å²) in [5.74, 6) is 0.0413. The van der Waals surface area contributed by atoms with E-state index in [1.807, 2.05) is 12.1 Å². The van der Waals surface area contributed by atoms with Crippen molar-refractivity contribution in [2.24, 2.45) is 5.92 Å². The van der Waals surface area contributed by atoms with Crippen molar-refractivity contribution < 1.29 is 9.90 Å². The summed E-state index contributed by atoms with van der Waals surface area (Å²) in [6.45, 7) is 2.76. The molecule has 0 aromatic carbocycles. The van der Waals surface area contributed by atoms with E-state index in [9.17, 15) is 4.79 Å². The highest BCUT2D eigenvalue weighted by atomic mass is 35.5. The van der Waals surface area contributed by atoms with Crippen LogP contribution in [0.25, 0.3) is 5.65 Å². The molecule has 0 fully saturated rings. The Labute approximate surface area is 128 Å². The van der Waals surface area contributed by atoms with Crippen LogP contribution in [0.2, 0.25) is 5.15 Å². The fraction of sp³-hybridized carbons (Fsp3) is 0.467. The van der Waals surface area contributed by atoms with E-state index < -0.39 is 0 Å². The Kier molecular flexibility index (Phi) is 5.59. The minimum atomic E-state index is -0.238. The minimum Gasteiger partial charge on any atom is -0.396 e. The number of nitrogens with one attached hydrogen (secondary N) is 1. The van der Waals surface area contributed by atoms with Crippen LogP contribution in [0.5, 0.6) is 0 Å². The molecule has 2 N–H and O–H groups in total. The molecule has 21 heavy (non-hydrogen) atoms. The number of carbonyl (C=O) groups is 1. The van der Waals surface area contributed by atoms with Crippen molar-refractivity contribution in [3.05, 3.63) is 35.2 Å². The number of rotatable bonds is 7. The van der Waals surface area contributed by atoms with Gasteiger partial charge in [0.15, 0.2) is 10.8 Å². The van der Waals surface area contributed by atoms with E-state index in [0.717, 1.165) is 12.8 Å². The van der Waals surface area contributed by atoms with Gasteiger partial charge in [0, 0.05) is 19.3 Å². The summed E-state index contributed by atoms with van der Waals surface area (Å²) in [7, 11) is 0. The maximum Gasteiger partial charge on any atom is 0.271 e. The van der Waals surface area contributed by atoms with E-state index in [1.54, 1.807) is 16.7 Å². The van der Waals surface area contributed by atoms with Gasteiger partial charge in [-0.05, 0) is 30.9 Å². The fourth-order valence-corrected chi connectivity index (χ4v) is 2.69. The number of fused-ring (bicyclic) bond motifs is 1. The van der Waals surface area contributed by atoms with Crippen LogP contribution in [-0.4, -0.2) is 33.6 Å². The summed E-state index contributed by atoms with van der Waals surface area (Å²) < 4.78 is 1.68. The molecule has 0 spiro atoms. The largest absolute Gasteiger partial charge is 0.396 e. The highest BCUT2D eigenvalue weighted by Gasteiger charge is 2.18. The van der Waals surface area contributed by atoms with Crippen LogP contribution in [0.4, 0.5) is 0 Å². The average molecular weight is 310 g/mol. The second kappa shape index (κ2) is 7.43. The van der Waals surface area contributed by atoms with Crippen molar-refractivity contribution in [2.45, 2.75) is 26.2 Å². The molecule has 0 bridgehead atoms. The predicted octanol–water partition coefficient (Wildman–Crippen LogP) is 2.52. The number of imidazole rings is 1. The van der Waals surface area contributed by atoms with Gasteiger partial charge in [-0.2, -0.15) is 0 Å². The molecule has 2 rings (SSSR count). The van der Waals surface area contributed by atoms with Gasteiger partial charge < -0.3 is 10.4 Å². The number of aromatic nitrogens is 2. The molecular weight excluding hydrogens is 290 g/mol. The molecular formula is C15H20ClN3O2. The fourth-order valence-electron chi connectivity index (χ4n) is 2.43. The van der Waals surface area contributed by atoms with Crippen LogP contribution in [0.1, 0.15) is 36.7 Å². The molecule has 0 saturated carbocycles. The van der Waals surface area contributed by atoms with E-state index in [2.05, 4.69) is 17.2 Å². The number of aliphatic hydroxyl groups excluding tert-OH is 1. The van der Waals surface area contributed by atoms with Gasteiger partial charge in [-0.15, -0.1) is 0 Å². The summed E-state index contributed by atoms with van der Waals surface area (Å²) in [6, 6.07) is 5.47. The molecule has 114 valence electrons. The zero-order valence-corrected chi connectivity index (χ0v) is 12.8. The zero-order valence-electron chi connectivity index (χ0n) is 12.1. The molecule has 1 atom stereocenters. The first-order valence-electron chi connectivity index (χ1n) is 7.19. The van der Waals surface area contributed by atoms with E-state index in [1.165, 1.54) is 0 Å². The topological polar surface area (TPSA) is 66.6 Å². The quantitative estimate of drug-likeness (QED) is 0.826. The third kappa shape index (κ3) is 3.74. The maximum absolute atomic E-state index is 12.3. The van der Waals surface area contributed by atoms with Crippen molar-refractivity contribution in [2.75, 3.05) is 13.2 Å². The van der Waals surface area contributed by atoms with Gasteiger partial charge in [0.2, 0.25) is 0 Å². The summed E-state index contributed by atoms with van der Waals surface area (Å²) in [6.07, 6.45) is 4.45. The minimum absolute atomic E-state index is 0.136. The molecule has 0 aliphatic heterocycles. The molecule has 1 unspecified atom stereocenters. The van der Waals surface area contributed by atoms with Gasteiger partial charge >= 0.3 is 0 Å². The summed E-state index contributed by atoms with van der Waals surface area (Å²) in [5, 5.41) is 12.1. The number of halogens is 1. The smallest absolute Gasteiger partial charge is 0.271 e. The maximum atomic E-state index is 12.3. The Morgan fingerprint density at radius 1 is 1.48 bits per heavy atom. The number of aliphatic hydroxyl groups is 1. The standard InChI is InChI=1S/C15H20ClN3O2/c1-2-5-11(7-9-20)10-17-15(21)13-14(16)18-12-6-3-4-8-19(12)13/h3-4,6,8,11,20H,2,5,7,9-10H2,1H3,(H,17,21). The second-order valence-electron chi connectivity index (χ2n) is 5.06. The first-order valence-corrected chi connectivity index (χ1v) is 7.56. The lowest BCUT2D eigenvalue weighted by atomic mass is 10.0. The summed E-state index contributed by atoms with van der Waals surface area (Å²) in [5.41, 5.74) is 1.000. The van der Waals surface area contributed by atoms with E-state index in [0.29, 0.717) is 24.3 Å². The Hall–Kier alpha value is -1.59. The van der Waals surface area contributed by atoms with Gasteiger partial charge in [-0.3, -0.25) is 9.20 Å². The molecule has 0 radical (unpaired) electrons. The Morgan fingerprint density at radius 2 is 2.29 bits per heavy atom. The molecule has 2 aromatic heterocycles. The van der Waals surface area contributed by atoms with E-state index in [-0.39, 0.29) is 23.6 Å². The normalized spacial score (nSPS) is 12.5. The van der Waals surface area contributed by atoms with Crippen LogP contribution in [0, 0.1) is 5.92 Å². The molecule has 2 heterocycles. The van der Waals surface area contributed by atoms with E-state index >= 15 is 0 Å². The Bertz CT molecular complexity index is 606. The lowest BCUT2D eigenvalue weighted by molar-refractivity contribution is 0.0937. The van der Waals surface area contributed by atoms with Gasteiger partial charge in [-0.1, -0.05) is 31.0 Å². The average Bonchev–Trinajstić information content (AvgIpc) is 2.81. The molecule has 2 aromatic rings. The van der Waals surface area contributed by atoms with Crippen LogP contribution in [0.15, 0.2) is 24.4 Å². The number of hydrogen-bond acceptors (Lipinski definition) is 3. The number of nitrogens with zero attached hydrogens (tertiary/aromatic N) is 2. The zero-order chi connectivity index (χ0) is 15.2. The van der Waals surface area contributed by atoms with Crippen LogP contribution in [0.3, 0.4) is 0 Å². The number of pyridine rings is 1. The monoisotopic (exact) mass is 309 g/mol. The van der Waals surface area contributed by atoms with Crippen molar-refractivity contribution in [1.82, 2.24) is 14.7 Å². The lowest BCUT2D eigenvalue weighted by Gasteiger charge is -2.15. The number of hydrogen-bond donors (Lipinski definition) is 2. The second-order valence-corrected chi connectivity index (χ2v) is 5.42. The predicted molar refractivity (Wildman–Crippen MR) is 82.6 cm³/mol. The van der Waals surface area contributed by atoms with Crippen LogP contribution >= 0.6 is 11.6 Å². The van der Waals surface area contributed by atoms with Crippen molar-refractivity contribution in [3.63, 3.8) is 0 Å². The molecule has 6 heteroatoms. The van der Waals surface area contributed by atoms with Gasteiger partial charge in [0.05, 0.1) is 0 Å². The first-order chi connectivity index (χ1) is 10.2. The number of amides is 1. The highest BCUT2D eigenvalue weighted by molar-refractivity contribution is 6.32. The van der Waals surface area contributed by atoms with Gasteiger partial charge in [0.25, 0.3) is 5.91 Å². The molecule has 0 saturated heterocycles. The molecule has 0 aliphatic rings. The van der Waals surface area contributed by atoms with Crippen molar-refractivity contribution in [1.29, 1.82) is 0 Å². The molecule has 1 amide bonds. The van der Waals surface area contributed by atoms with Gasteiger partial charge in [-0.25, -0.2) is 4.98 Å². The Morgan fingerprint density at radius 3 is 3.00 bits per heavy atom. The summed E-state index contributed by atoms with van der Waals surface area (Å²) >= 11 is 6.07. The van der Waals surface area contributed by atoms with Crippen molar-refractivity contribution >= 4 is 23.2 Å². The lowest BCUT2D eigenvalue weighted by Crippen LogP contribution is -2.30. The third-order valence-corrected chi connectivity index (χ3v) is 3.75. The highest BCUT2D eigenvalue weighted by Crippen LogP contribution is 2.18. The molecule has 0 aliphatic carbocycles.